The van der Waals surface area contributed by atoms with Crippen molar-refractivity contribution in [3.8, 4) is 0 Å². The number of aromatic nitrogens is 2. The van der Waals surface area contributed by atoms with E-state index < -0.39 is 23.9 Å². The molecule has 0 saturated carbocycles. The van der Waals surface area contributed by atoms with E-state index in [0.29, 0.717) is 19.0 Å². The van der Waals surface area contributed by atoms with Crippen molar-refractivity contribution in [2.75, 3.05) is 19.7 Å². The second-order valence-corrected chi connectivity index (χ2v) is 10.9. The molecule has 0 radical (unpaired) electrons. The number of fused-ring (bicyclic) bond motifs is 1. The third-order valence-electron chi connectivity index (χ3n) is 7.02. The van der Waals surface area contributed by atoms with Crippen LogP contribution in [0.2, 0.25) is 0 Å². The average molecular weight is 601 g/mol. The molecule has 2 unspecified atom stereocenters. The first-order valence-corrected chi connectivity index (χ1v) is 14.9. The Morgan fingerprint density at radius 3 is 2.51 bits per heavy atom. The molecule has 2 aromatic heterocycles. The standard InChI is InChI=1S/C31H32N6O5S/c1-2-26(38)37-25(15-19-7-9-20(10-8-19)30-32-11-13-42-30)29(41)35-18-27(39)36-24(28(40)31-33-12-14-43-31)16-21-17-34-23-6-4-3-5-22(21)23/h3-10,12,14,17,24-25,34H,2,11,13,15-16,18H2,1H3,(H,35,41)(H,36,39)(H,37,38). The number of aliphatic imine (C=N–C) groups is 1. The van der Waals surface area contributed by atoms with Gasteiger partial charge in [0.2, 0.25) is 29.4 Å². The number of rotatable bonds is 13. The van der Waals surface area contributed by atoms with E-state index in [1.807, 2.05) is 54.7 Å². The molecule has 12 heteroatoms. The number of hydrogen-bond donors (Lipinski definition) is 4. The smallest absolute Gasteiger partial charge is 0.243 e. The zero-order chi connectivity index (χ0) is 30.2. The number of Topliss-reactive ketones (excluding diaryl/α,β-unsaturated/α-hetero) is 1. The van der Waals surface area contributed by atoms with Gasteiger partial charge < -0.3 is 25.7 Å². The molecule has 3 amide bonds. The minimum absolute atomic E-state index is 0.203. The second kappa shape index (κ2) is 13.9. The molecule has 222 valence electrons. The number of nitrogens with zero attached hydrogens (tertiary/aromatic N) is 2. The van der Waals surface area contributed by atoms with Crippen molar-refractivity contribution in [1.82, 2.24) is 25.9 Å². The summed E-state index contributed by atoms with van der Waals surface area (Å²) in [4.78, 5) is 63.3. The third kappa shape index (κ3) is 7.52. The Morgan fingerprint density at radius 2 is 1.79 bits per heavy atom. The highest BCUT2D eigenvalue weighted by Crippen LogP contribution is 2.21. The van der Waals surface area contributed by atoms with Gasteiger partial charge in [-0.25, -0.2) is 9.98 Å². The van der Waals surface area contributed by atoms with Gasteiger partial charge in [-0.3, -0.25) is 19.2 Å². The molecule has 5 rings (SSSR count). The summed E-state index contributed by atoms with van der Waals surface area (Å²) in [7, 11) is 0. The van der Waals surface area contributed by atoms with E-state index in [2.05, 4.69) is 30.9 Å². The fourth-order valence-electron chi connectivity index (χ4n) is 4.79. The van der Waals surface area contributed by atoms with Gasteiger partial charge in [0.05, 0.1) is 19.1 Å². The normalized spacial score (nSPS) is 13.9. The lowest BCUT2D eigenvalue weighted by atomic mass is 10.0. The number of aromatic amines is 1. The van der Waals surface area contributed by atoms with Crippen LogP contribution in [0.15, 0.2) is 71.3 Å². The molecule has 4 aromatic rings. The lowest BCUT2D eigenvalue weighted by Crippen LogP contribution is -2.51. The lowest BCUT2D eigenvalue weighted by Gasteiger charge is -2.20. The first kappa shape index (κ1) is 29.6. The van der Waals surface area contributed by atoms with Crippen LogP contribution in [0, 0.1) is 0 Å². The van der Waals surface area contributed by atoms with Gasteiger partial charge in [0.25, 0.3) is 0 Å². The van der Waals surface area contributed by atoms with Crippen LogP contribution >= 0.6 is 11.3 Å². The molecule has 1 aliphatic rings. The van der Waals surface area contributed by atoms with Crippen molar-refractivity contribution in [1.29, 1.82) is 0 Å². The number of thiazole rings is 1. The van der Waals surface area contributed by atoms with Gasteiger partial charge in [0.1, 0.15) is 12.6 Å². The van der Waals surface area contributed by atoms with Gasteiger partial charge in [-0.05, 0) is 29.3 Å². The fraction of sp³-hybridized carbons (Fsp3) is 0.290. The van der Waals surface area contributed by atoms with Crippen LogP contribution in [0.25, 0.3) is 10.9 Å². The number of carbonyl (C=O) groups is 4. The van der Waals surface area contributed by atoms with Gasteiger partial charge in [-0.1, -0.05) is 37.3 Å². The van der Waals surface area contributed by atoms with Crippen LogP contribution < -0.4 is 16.0 Å². The minimum atomic E-state index is -0.898. The number of ketones is 1. The third-order valence-corrected chi connectivity index (χ3v) is 7.80. The van der Waals surface area contributed by atoms with E-state index in [1.165, 1.54) is 17.5 Å². The molecule has 0 bridgehead atoms. The number of nitrogens with one attached hydrogen (secondary N) is 4. The largest absolute Gasteiger partial charge is 0.476 e. The van der Waals surface area contributed by atoms with Crippen LogP contribution in [-0.4, -0.2) is 71.2 Å². The monoisotopic (exact) mass is 600 g/mol. The summed E-state index contributed by atoms with van der Waals surface area (Å²) >= 11 is 1.20. The molecule has 0 saturated heterocycles. The summed E-state index contributed by atoms with van der Waals surface area (Å²) in [6.07, 6.45) is 4.03. The fourth-order valence-corrected chi connectivity index (χ4v) is 5.43. The van der Waals surface area contributed by atoms with Crippen molar-refractivity contribution in [3.63, 3.8) is 0 Å². The van der Waals surface area contributed by atoms with Crippen LogP contribution in [-0.2, 0) is 32.0 Å². The maximum atomic E-state index is 13.3. The van der Waals surface area contributed by atoms with Crippen molar-refractivity contribution in [2.24, 2.45) is 4.99 Å². The lowest BCUT2D eigenvalue weighted by molar-refractivity contribution is -0.130. The predicted octanol–water partition coefficient (Wildman–Crippen LogP) is 2.57. The molecule has 0 aliphatic carbocycles. The maximum Gasteiger partial charge on any atom is 0.243 e. The number of para-hydroxylation sites is 1. The van der Waals surface area contributed by atoms with Gasteiger partial charge in [-0.15, -0.1) is 11.3 Å². The van der Waals surface area contributed by atoms with Crippen LogP contribution in [0.4, 0.5) is 0 Å². The summed E-state index contributed by atoms with van der Waals surface area (Å²) in [5, 5.41) is 11.1. The minimum Gasteiger partial charge on any atom is -0.476 e. The highest BCUT2D eigenvalue weighted by Gasteiger charge is 2.27. The predicted molar refractivity (Wildman–Crippen MR) is 163 cm³/mol. The summed E-state index contributed by atoms with van der Waals surface area (Å²) in [6.45, 7) is 2.50. The Labute approximate surface area is 252 Å². The van der Waals surface area contributed by atoms with E-state index in [0.717, 1.165) is 27.6 Å². The molecule has 4 N–H and O–H groups in total. The van der Waals surface area contributed by atoms with Gasteiger partial charge in [0, 0.05) is 53.5 Å². The van der Waals surface area contributed by atoms with E-state index in [9.17, 15) is 19.2 Å². The first-order chi connectivity index (χ1) is 20.9. The molecular weight excluding hydrogens is 568 g/mol. The Balaban J connectivity index is 1.23. The van der Waals surface area contributed by atoms with Crippen LogP contribution in [0.1, 0.15) is 39.8 Å². The molecule has 43 heavy (non-hydrogen) atoms. The molecule has 0 spiro atoms. The number of hydrogen-bond acceptors (Lipinski definition) is 8. The highest BCUT2D eigenvalue weighted by atomic mass is 32.1. The average Bonchev–Trinajstić information content (AvgIpc) is 3.82. The zero-order valence-electron chi connectivity index (χ0n) is 23.6. The Bertz CT molecular complexity index is 1630. The summed E-state index contributed by atoms with van der Waals surface area (Å²) < 4.78 is 5.50. The number of ether oxygens (including phenoxy) is 1. The van der Waals surface area contributed by atoms with Crippen molar-refractivity contribution in [3.05, 3.63) is 88.0 Å². The molecule has 2 atom stereocenters. The van der Waals surface area contributed by atoms with E-state index in [-0.39, 0.29) is 42.5 Å². The van der Waals surface area contributed by atoms with Gasteiger partial charge in [-0.2, -0.15) is 0 Å². The highest BCUT2D eigenvalue weighted by molar-refractivity contribution is 7.11. The number of amides is 3. The molecule has 2 aromatic carbocycles. The molecule has 3 heterocycles. The summed E-state index contributed by atoms with van der Waals surface area (Å²) in [6, 6.07) is 13.3. The number of carbonyl (C=O) groups excluding carboxylic acids is 4. The molecule has 1 aliphatic heterocycles. The summed E-state index contributed by atoms with van der Waals surface area (Å²) in [5.74, 6) is -1.06. The Kier molecular flexibility index (Phi) is 9.57. The van der Waals surface area contributed by atoms with Crippen molar-refractivity contribution in [2.45, 2.75) is 38.3 Å². The van der Waals surface area contributed by atoms with E-state index in [4.69, 9.17) is 4.74 Å². The summed E-state index contributed by atoms with van der Waals surface area (Å²) in [5.41, 5.74) is 3.45. The Morgan fingerprint density at radius 1 is 1.00 bits per heavy atom. The Hall–Kier alpha value is -4.84. The topological polar surface area (TPSA) is 155 Å². The molecular formula is C31H32N6O5S. The van der Waals surface area contributed by atoms with Crippen molar-refractivity contribution < 1.29 is 23.9 Å². The number of H-pyrrole nitrogens is 1. The first-order valence-electron chi connectivity index (χ1n) is 14.0. The van der Waals surface area contributed by atoms with Crippen LogP contribution in [0.3, 0.4) is 0 Å². The zero-order valence-corrected chi connectivity index (χ0v) is 24.4. The van der Waals surface area contributed by atoms with Gasteiger partial charge in [0.15, 0.2) is 5.01 Å². The van der Waals surface area contributed by atoms with Crippen LogP contribution in [0.5, 0.6) is 0 Å². The molecule has 11 nitrogen and oxygen atoms in total. The molecule has 0 fully saturated rings. The van der Waals surface area contributed by atoms with Crippen molar-refractivity contribution >= 4 is 51.6 Å². The second-order valence-electron chi connectivity index (χ2n) is 10.0. The number of benzene rings is 2. The van der Waals surface area contributed by atoms with Gasteiger partial charge >= 0.3 is 0 Å². The van der Waals surface area contributed by atoms with E-state index >= 15 is 0 Å². The van der Waals surface area contributed by atoms with E-state index in [1.54, 1.807) is 12.3 Å². The maximum absolute atomic E-state index is 13.3. The SMILES string of the molecule is CCC(=O)NC(Cc1ccc(C2=NCCO2)cc1)C(=O)NCC(=O)NC(Cc1c[nH]c2ccccc12)C(=O)c1nccs1. The quantitative estimate of drug-likeness (QED) is 0.173.